The molecule has 0 aliphatic rings. The predicted molar refractivity (Wildman–Crippen MR) is 77.9 cm³/mol. The van der Waals surface area contributed by atoms with Crippen LogP contribution >= 0.6 is 0 Å². The summed E-state index contributed by atoms with van der Waals surface area (Å²) < 4.78 is 5.28. The Hall–Kier alpha value is -2.07. The molecule has 1 aromatic carbocycles. The largest absolute Gasteiger partial charge is 0.497 e. The first-order valence-corrected chi connectivity index (χ1v) is 6.37. The van der Waals surface area contributed by atoms with Crippen LogP contribution in [0.1, 0.15) is 6.42 Å². The van der Waals surface area contributed by atoms with E-state index in [1.807, 2.05) is 30.3 Å². The van der Waals surface area contributed by atoms with Crippen molar-refractivity contribution in [2.45, 2.75) is 6.42 Å². The van der Waals surface area contributed by atoms with Gasteiger partial charge in [-0.3, -0.25) is 4.98 Å². The summed E-state index contributed by atoms with van der Waals surface area (Å²) in [5.41, 5.74) is 7.83. The fourth-order valence-electron chi connectivity index (χ4n) is 1.96. The molecule has 0 spiro atoms. The van der Waals surface area contributed by atoms with E-state index in [1.165, 1.54) is 0 Å². The number of aromatic nitrogens is 1. The third kappa shape index (κ3) is 3.45. The Balaban J connectivity index is 2.31. The Bertz CT molecular complexity index is 502. The van der Waals surface area contributed by atoms with Gasteiger partial charge in [0, 0.05) is 36.4 Å². The molecule has 2 rings (SSSR count). The lowest BCUT2D eigenvalue weighted by Crippen LogP contribution is -2.20. The summed E-state index contributed by atoms with van der Waals surface area (Å²) in [5.74, 6) is 0.851. The van der Waals surface area contributed by atoms with Crippen LogP contribution in [0.15, 0.2) is 48.8 Å². The molecule has 1 aromatic heterocycles. The third-order valence-electron chi connectivity index (χ3n) is 2.93. The van der Waals surface area contributed by atoms with Gasteiger partial charge >= 0.3 is 0 Å². The second-order valence-electron chi connectivity index (χ2n) is 4.20. The highest BCUT2D eigenvalue weighted by Gasteiger charge is 2.09. The Labute approximate surface area is 113 Å². The number of hydrogen-bond acceptors (Lipinski definition) is 4. The van der Waals surface area contributed by atoms with Crippen molar-refractivity contribution >= 4 is 11.4 Å². The van der Waals surface area contributed by atoms with Crippen molar-refractivity contribution in [3.63, 3.8) is 0 Å². The van der Waals surface area contributed by atoms with Gasteiger partial charge in [0.15, 0.2) is 0 Å². The van der Waals surface area contributed by atoms with Crippen molar-refractivity contribution in [1.82, 2.24) is 4.98 Å². The lowest BCUT2D eigenvalue weighted by Gasteiger charge is -2.25. The molecule has 0 unspecified atom stereocenters. The van der Waals surface area contributed by atoms with Crippen molar-refractivity contribution in [1.29, 1.82) is 0 Å². The van der Waals surface area contributed by atoms with Crippen molar-refractivity contribution in [2.75, 3.05) is 25.1 Å². The molecular formula is C15H19N3O. The number of methoxy groups -OCH3 is 1. The Morgan fingerprint density at radius 1 is 1.16 bits per heavy atom. The predicted octanol–water partition coefficient (Wildman–Crippen LogP) is 2.58. The van der Waals surface area contributed by atoms with Crippen LogP contribution in [-0.4, -0.2) is 25.2 Å². The third-order valence-corrected chi connectivity index (χ3v) is 2.93. The molecular weight excluding hydrogens is 238 g/mol. The summed E-state index contributed by atoms with van der Waals surface area (Å²) in [6.45, 7) is 1.54. The van der Waals surface area contributed by atoms with E-state index in [9.17, 15) is 0 Å². The summed E-state index contributed by atoms with van der Waals surface area (Å²) in [7, 11) is 1.68. The molecule has 0 bridgehead atoms. The van der Waals surface area contributed by atoms with Crippen molar-refractivity contribution < 1.29 is 4.74 Å². The SMILES string of the molecule is COc1cccc(N(CCCN)c2ccncc2)c1. The monoisotopic (exact) mass is 257 g/mol. The fraction of sp³-hybridized carbons (Fsp3) is 0.267. The quantitative estimate of drug-likeness (QED) is 0.864. The number of pyridine rings is 1. The average molecular weight is 257 g/mol. The van der Waals surface area contributed by atoms with E-state index in [0.717, 1.165) is 30.1 Å². The normalized spacial score (nSPS) is 10.2. The maximum absolute atomic E-state index is 5.63. The smallest absolute Gasteiger partial charge is 0.120 e. The van der Waals surface area contributed by atoms with Gasteiger partial charge in [0.1, 0.15) is 5.75 Å². The zero-order valence-corrected chi connectivity index (χ0v) is 11.1. The summed E-state index contributed by atoms with van der Waals surface area (Å²) in [6, 6.07) is 12.0. The van der Waals surface area contributed by atoms with E-state index in [2.05, 4.69) is 16.0 Å². The van der Waals surface area contributed by atoms with Gasteiger partial charge in [-0.05, 0) is 37.2 Å². The van der Waals surface area contributed by atoms with Crippen LogP contribution in [0.4, 0.5) is 11.4 Å². The molecule has 19 heavy (non-hydrogen) atoms. The second-order valence-corrected chi connectivity index (χ2v) is 4.20. The molecule has 4 nitrogen and oxygen atoms in total. The van der Waals surface area contributed by atoms with Crippen LogP contribution < -0.4 is 15.4 Å². The molecule has 1 heterocycles. The molecule has 0 radical (unpaired) electrons. The first-order chi connectivity index (χ1) is 9.35. The highest BCUT2D eigenvalue weighted by atomic mass is 16.5. The zero-order chi connectivity index (χ0) is 13.5. The molecule has 0 saturated heterocycles. The lowest BCUT2D eigenvalue weighted by atomic mass is 10.2. The lowest BCUT2D eigenvalue weighted by molar-refractivity contribution is 0.415. The van der Waals surface area contributed by atoms with Gasteiger partial charge in [-0.2, -0.15) is 0 Å². The molecule has 4 heteroatoms. The highest BCUT2D eigenvalue weighted by Crippen LogP contribution is 2.27. The van der Waals surface area contributed by atoms with Crippen LogP contribution in [0.5, 0.6) is 5.75 Å². The van der Waals surface area contributed by atoms with Gasteiger partial charge in [0.2, 0.25) is 0 Å². The number of nitrogens with zero attached hydrogens (tertiary/aromatic N) is 2. The van der Waals surface area contributed by atoms with E-state index in [4.69, 9.17) is 10.5 Å². The zero-order valence-electron chi connectivity index (χ0n) is 11.1. The standard InChI is InChI=1S/C15H19N3O/c1-19-15-5-2-4-14(12-15)18(11-3-8-16)13-6-9-17-10-7-13/h2,4-7,9-10,12H,3,8,11,16H2,1H3. The molecule has 0 aliphatic heterocycles. The van der Waals surface area contributed by atoms with Crippen LogP contribution in [-0.2, 0) is 0 Å². The number of benzene rings is 1. The maximum Gasteiger partial charge on any atom is 0.120 e. The van der Waals surface area contributed by atoms with Gasteiger partial charge in [-0.25, -0.2) is 0 Å². The van der Waals surface area contributed by atoms with Gasteiger partial charge < -0.3 is 15.4 Å². The molecule has 2 aromatic rings. The number of ether oxygens (including phenoxy) is 1. The van der Waals surface area contributed by atoms with Crippen LogP contribution in [0.3, 0.4) is 0 Å². The van der Waals surface area contributed by atoms with Gasteiger partial charge in [0.05, 0.1) is 7.11 Å². The summed E-state index contributed by atoms with van der Waals surface area (Å²) in [6.07, 6.45) is 4.52. The Morgan fingerprint density at radius 2 is 1.95 bits per heavy atom. The summed E-state index contributed by atoms with van der Waals surface area (Å²) in [4.78, 5) is 6.28. The van der Waals surface area contributed by atoms with Crippen LogP contribution in [0.2, 0.25) is 0 Å². The fourth-order valence-corrected chi connectivity index (χ4v) is 1.96. The van der Waals surface area contributed by atoms with E-state index in [0.29, 0.717) is 6.54 Å². The number of rotatable bonds is 6. The first kappa shape index (κ1) is 13.4. The minimum absolute atomic E-state index is 0.672. The molecule has 0 amide bonds. The second kappa shape index (κ2) is 6.75. The van der Waals surface area contributed by atoms with E-state index < -0.39 is 0 Å². The number of hydrogen-bond donors (Lipinski definition) is 1. The topological polar surface area (TPSA) is 51.4 Å². The van der Waals surface area contributed by atoms with Crippen molar-refractivity contribution in [2.24, 2.45) is 5.73 Å². The first-order valence-electron chi connectivity index (χ1n) is 6.37. The van der Waals surface area contributed by atoms with E-state index in [1.54, 1.807) is 19.5 Å². The highest BCUT2D eigenvalue weighted by molar-refractivity contribution is 5.64. The van der Waals surface area contributed by atoms with Crippen LogP contribution in [0, 0.1) is 0 Å². The molecule has 0 saturated carbocycles. The maximum atomic E-state index is 5.63. The molecule has 0 atom stereocenters. The number of anilines is 2. The molecule has 0 aliphatic carbocycles. The van der Waals surface area contributed by atoms with Crippen molar-refractivity contribution in [3.8, 4) is 5.75 Å². The van der Waals surface area contributed by atoms with Crippen molar-refractivity contribution in [3.05, 3.63) is 48.8 Å². The summed E-state index contributed by atoms with van der Waals surface area (Å²) >= 11 is 0. The van der Waals surface area contributed by atoms with E-state index >= 15 is 0 Å². The Kier molecular flexibility index (Phi) is 4.75. The van der Waals surface area contributed by atoms with Crippen LogP contribution in [0.25, 0.3) is 0 Å². The van der Waals surface area contributed by atoms with Gasteiger partial charge in [-0.1, -0.05) is 6.07 Å². The Morgan fingerprint density at radius 3 is 2.63 bits per heavy atom. The van der Waals surface area contributed by atoms with E-state index in [-0.39, 0.29) is 0 Å². The molecule has 100 valence electrons. The molecule has 0 fully saturated rings. The molecule has 2 N–H and O–H groups in total. The minimum Gasteiger partial charge on any atom is -0.497 e. The van der Waals surface area contributed by atoms with Gasteiger partial charge in [-0.15, -0.1) is 0 Å². The minimum atomic E-state index is 0.672. The summed E-state index contributed by atoms with van der Waals surface area (Å²) in [5, 5.41) is 0. The number of nitrogens with two attached hydrogens (primary N) is 1. The van der Waals surface area contributed by atoms with Gasteiger partial charge in [0.25, 0.3) is 0 Å². The average Bonchev–Trinajstić information content (AvgIpc) is 2.49.